The quantitative estimate of drug-likeness (QED) is 0.0280. The summed E-state index contributed by atoms with van der Waals surface area (Å²) in [6.07, 6.45) is 36.9. The number of allylic oxidation sites excluding steroid dienone is 6. The normalized spacial score (nSPS) is 14.6. The summed E-state index contributed by atoms with van der Waals surface area (Å²) in [5.41, 5.74) is 0. The van der Waals surface area contributed by atoms with Crippen LogP contribution in [0.15, 0.2) is 48.6 Å². The summed E-state index contributed by atoms with van der Waals surface area (Å²) >= 11 is 0. The van der Waals surface area contributed by atoms with Crippen LogP contribution in [0.1, 0.15) is 181 Å². The number of hydrogen-bond acceptors (Lipinski definition) is 8. The Balaban J connectivity index is 3.71. The predicted molar refractivity (Wildman–Crippen MR) is 218 cm³/mol. The monoisotopic (exact) mass is 749 g/mol. The fourth-order valence-electron chi connectivity index (χ4n) is 5.95. The highest BCUT2D eigenvalue weighted by Gasteiger charge is 2.15. The van der Waals surface area contributed by atoms with Gasteiger partial charge in [-0.3, -0.25) is 9.59 Å². The first kappa shape index (κ1) is 50.7. The SMILES string of the molecule is CCCCC[C@@H](O)/C=C/C=C\C=C\C=C\[C@@H](O)[C@H](O)CCCC(=O)OC[C@H](O)COC(=O)CCCCCCCCCCCCCCCCCCC(C)C. The molecule has 0 saturated heterocycles. The third kappa shape index (κ3) is 37.8. The van der Waals surface area contributed by atoms with Gasteiger partial charge in [0, 0.05) is 12.8 Å². The summed E-state index contributed by atoms with van der Waals surface area (Å²) < 4.78 is 10.2. The van der Waals surface area contributed by atoms with E-state index in [9.17, 15) is 30.0 Å². The lowest BCUT2D eigenvalue weighted by molar-refractivity contribution is -0.152. The molecule has 0 radical (unpaired) electrons. The number of carbonyl (C=O) groups is 2. The van der Waals surface area contributed by atoms with E-state index in [4.69, 9.17) is 9.47 Å². The Morgan fingerprint density at radius 2 is 0.906 bits per heavy atom. The number of unbranched alkanes of at least 4 members (excludes halogenated alkanes) is 17. The number of esters is 2. The molecule has 0 aromatic carbocycles. The van der Waals surface area contributed by atoms with Crippen LogP contribution in [0.3, 0.4) is 0 Å². The Labute approximate surface area is 324 Å². The minimum atomic E-state index is -1.09. The lowest BCUT2D eigenvalue weighted by atomic mass is 10.0. The molecule has 308 valence electrons. The second-order valence-corrected chi connectivity index (χ2v) is 15.2. The van der Waals surface area contributed by atoms with Gasteiger partial charge >= 0.3 is 11.9 Å². The van der Waals surface area contributed by atoms with Crippen LogP contribution in [0.4, 0.5) is 0 Å². The van der Waals surface area contributed by atoms with Crippen molar-refractivity contribution in [2.24, 2.45) is 5.92 Å². The predicted octanol–water partition coefficient (Wildman–Crippen LogP) is 10.2. The Hall–Kier alpha value is -2.26. The maximum atomic E-state index is 12.0. The van der Waals surface area contributed by atoms with E-state index in [2.05, 4.69) is 20.8 Å². The molecule has 0 amide bonds. The molecule has 0 bridgehead atoms. The number of aliphatic hydroxyl groups excluding tert-OH is 4. The summed E-state index contributed by atoms with van der Waals surface area (Å²) in [6, 6.07) is 0. The van der Waals surface area contributed by atoms with Gasteiger partial charge in [0.25, 0.3) is 0 Å². The molecule has 0 unspecified atom stereocenters. The Morgan fingerprint density at radius 3 is 1.40 bits per heavy atom. The average Bonchev–Trinajstić information content (AvgIpc) is 3.13. The molecule has 0 aromatic rings. The molecule has 0 rings (SSSR count). The average molecular weight is 749 g/mol. The van der Waals surface area contributed by atoms with Crippen LogP contribution in [0, 0.1) is 5.92 Å². The van der Waals surface area contributed by atoms with E-state index in [0.717, 1.165) is 50.9 Å². The molecule has 4 atom stereocenters. The van der Waals surface area contributed by atoms with Crippen LogP contribution < -0.4 is 0 Å². The van der Waals surface area contributed by atoms with Crippen molar-refractivity contribution in [1.82, 2.24) is 0 Å². The zero-order chi connectivity index (χ0) is 39.2. The summed E-state index contributed by atoms with van der Waals surface area (Å²) in [5.74, 6) is -0.0356. The standard InChI is InChI=1S/C45H80O8/c1-4-5-24-31-40(46)32-26-21-18-19-22-27-33-42(48)43(49)34-29-36-45(51)53-38-41(47)37-52-44(50)35-28-23-17-15-13-11-9-7-6-8-10-12-14-16-20-25-30-39(2)3/h18-19,21-22,26-27,32-33,39-43,46-49H,4-17,20,23-25,28-31,34-38H2,1-3H3/b21-18-,22-19+,32-26+,33-27+/t40-,41-,42-,43-/m1/s1. The maximum absolute atomic E-state index is 12.0. The van der Waals surface area contributed by atoms with E-state index in [1.807, 2.05) is 6.08 Å². The van der Waals surface area contributed by atoms with Crippen LogP contribution in [-0.2, 0) is 19.1 Å². The molecular weight excluding hydrogens is 668 g/mol. The molecule has 8 nitrogen and oxygen atoms in total. The van der Waals surface area contributed by atoms with Crippen molar-refractivity contribution in [2.75, 3.05) is 13.2 Å². The van der Waals surface area contributed by atoms with Crippen molar-refractivity contribution >= 4 is 11.9 Å². The second-order valence-electron chi connectivity index (χ2n) is 15.2. The van der Waals surface area contributed by atoms with Gasteiger partial charge in [-0.15, -0.1) is 0 Å². The van der Waals surface area contributed by atoms with E-state index in [0.29, 0.717) is 12.8 Å². The van der Waals surface area contributed by atoms with Crippen molar-refractivity contribution in [3.63, 3.8) is 0 Å². The minimum Gasteiger partial charge on any atom is -0.463 e. The highest BCUT2D eigenvalue weighted by molar-refractivity contribution is 5.69. The molecule has 0 aliphatic rings. The first-order valence-electron chi connectivity index (χ1n) is 21.4. The summed E-state index contributed by atoms with van der Waals surface area (Å²) in [6.45, 7) is 6.27. The third-order valence-corrected chi connectivity index (χ3v) is 9.36. The molecule has 8 heteroatoms. The second kappa shape index (κ2) is 38.0. The van der Waals surface area contributed by atoms with Crippen LogP contribution in [-0.4, -0.2) is 70.0 Å². The summed E-state index contributed by atoms with van der Waals surface area (Å²) in [4.78, 5) is 24.0. The van der Waals surface area contributed by atoms with Crippen LogP contribution in [0.2, 0.25) is 0 Å². The van der Waals surface area contributed by atoms with Crippen molar-refractivity contribution in [1.29, 1.82) is 0 Å². The van der Waals surface area contributed by atoms with Crippen LogP contribution in [0.25, 0.3) is 0 Å². The number of aliphatic hydroxyl groups is 4. The first-order chi connectivity index (χ1) is 25.6. The molecule has 4 N–H and O–H groups in total. The highest BCUT2D eigenvalue weighted by atomic mass is 16.6. The van der Waals surface area contributed by atoms with E-state index >= 15 is 0 Å². The molecule has 0 saturated carbocycles. The van der Waals surface area contributed by atoms with Crippen molar-refractivity contribution in [2.45, 2.75) is 206 Å². The molecule has 0 heterocycles. The van der Waals surface area contributed by atoms with Gasteiger partial charge in [-0.2, -0.15) is 0 Å². The van der Waals surface area contributed by atoms with E-state index in [1.165, 1.54) is 96.0 Å². The largest absolute Gasteiger partial charge is 0.463 e. The van der Waals surface area contributed by atoms with Gasteiger partial charge in [0.1, 0.15) is 19.3 Å². The van der Waals surface area contributed by atoms with Crippen molar-refractivity contribution in [3.05, 3.63) is 48.6 Å². The molecular formula is C45H80O8. The fraction of sp³-hybridized carbons (Fsp3) is 0.778. The molecule has 0 aromatic heterocycles. The summed E-state index contributed by atoms with van der Waals surface area (Å²) in [7, 11) is 0. The Bertz CT molecular complexity index is 956. The van der Waals surface area contributed by atoms with Gasteiger partial charge in [-0.05, 0) is 31.6 Å². The number of ether oxygens (including phenoxy) is 2. The Kier molecular flexibility index (Phi) is 36.4. The van der Waals surface area contributed by atoms with Crippen molar-refractivity contribution in [3.8, 4) is 0 Å². The lowest BCUT2D eigenvalue weighted by Crippen LogP contribution is -2.26. The van der Waals surface area contributed by atoms with Crippen molar-refractivity contribution < 1.29 is 39.5 Å². The third-order valence-electron chi connectivity index (χ3n) is 9.36. The van der Waals surface area contributed by atoms with Gasteiger partial charge in [0.15, 0.2) is 0 Å². The number of hydrogen-bond donors (Lipinski definition) is 4. The topological polar surface area (TPSA) is 134 Å². The van der Waals surface area contributed by atoms with Crippen LogP contribution in [0.5, 0.6) is 0 Å². The van der Waals surface area contributed by atoms with Gasteiger partial charge in [0.05, 0.1) is 18.3 Å². The minimum absolute atomic E-state index is 0.0322. The fourth-order valence-corrected chi connectivity index (χ4v) is 5.95. The van der Waals surface area contributed by atoms with E-state index in [1.54, 1.807) is 36.5 Å². The van der Waals surface area contributed by atoms with Crippen LogP contribution >= 0.6 is 0 Å². The first-order valence-corrected chi connectivity index (χ1v) is 21.4. The van der Waals surface area contributed by atoms with Gasteiger partial charge in [0.2, 0.25) is 0 Å². The molecule has 53 heavy (non-hydrogen) atoms. The smallest absolute Gasteiger partial charge is 0.305 e. The van der Waals surface area contributed by atoms with Gasteiger partial charge < -0.3 is 29.9 Å². The number of carbonyl (C=O) groups excluding carboxylic acids is 2. The van der Waals surface area contributed by atoms with Gasteiger partial charge in [-0.25, -0.2) is 0 Å². The van der Waals surface area contributed by atoms with Gasteiger partial charge in [-0.1, -0.05) is 191 Å². The zero-order valence-corrected chi connectivity index (χ0v) is 34.0. The number of rotatable bonds is 37. The Morgan fingerprint density at radius 1 is 0.491 bits per heavy atom. The summed E-state index contributed by atoms with van der Waals surface area (Å²) in [5, 5.41) is 40.2. The van der Waals surface area contributed by atoms with E-state index in [-0.39, 0.29) is 32.0 Å². The lowest BCUT2D eigenvalue weighted by Gasteiger charge is -2.14. The molecule has 0 fully saturated rings. The molecule has 0 aliphatic carbocycles. The van der Waals surface area contributed by atoms with E-state index < -0.39 is 30.4 Å². The molecule has 0 aliphatic heterocycles. The molecule has 0 spiro atoms. The maximum Gasteiger partial charge on any atom is 0.305 e. The highest BCUT2D eigenvalue weighted by Crippen LogP contribution is 2.16. The zero-order valence-electron chi connectivity index (χ0n) is 34.0.